The SMILES string of the molecule is COc1cc(OC)nc(Oc2ccccc2C(N)c2ccc(Br)cc2)n1. The van der Waals surface area contributed by atoms with Gasteiger partial charge in [0.05, 0.1) is 26.3 Å². The van der Waals surface area contributed by atoms with Crippen LogP contribution >= 0.6 is 15.9 Å². The van der Waals surface area contributed by atoms with Gasteiger partial charge in [-0.05, 0) is 23.8 Å². The van der Waals surface area contributed by atoms with Crippen molar-refractivity contribution >= 4 is 15.9 Å². The Morgan fingerprint density at radius 1 is 0.923 bits per heavy atom. The second-order valence-electron chi connectivity index (χ2n) is 5.40. The average Bonchev–Trinajstić information content (AvgIpc) is 2.68. The molecule has 0 saturated heterocycles. The monoisotopic (exact) mass is 415 g/mol. The number of ether oxygens (including phenoxy) is 3. The Balaban J connectivity index is 1.93. The summed E-state index contributed by atoms with van der Waals surface area (Å²) in [5, 5.41) is 0. The maximum absolute atomic E-state index is 6.45. The van der Waals surface area contributed by atoms with Crippen LogP contribution in [0.25, 0.3) is 0 Å². The molecule has 1 aromatic heterocycles. The van der Waals surface area contributed by atoms with Gasteiger partial charge in [-0.15, -0.1) is 0 Å². The molecule has 1 atom stereocenters. The molecule has 0 aliphatic heterocycles. The molecule has 134 valence electrons. The van der Waals surface area contributed by atoms with Crippen LogP contribution in [0.4, 0.5) is 0 Å². The first-order valence-electron chi connectivity index (χ1n) is 7.85. The summed E-state index contributed by atoms with van der Waals surface area (Å²) >= 11 is 3.43. The fourth-order valence-corrected chi connectivity index (χ4v) is 2.68. The lowest BCUT2D eigenvalue weighted by Crippen LogP contribution is -2.13. The van der Waals surface area contributed by atoms with Crippen LogP contribution in [-0.2, 0) is 0 Å². The molecule has 0 amide bonds. The van der Waals surface area contributed by atoms with Gasteiger partial charge in [-0.1, -0.05) is 46.3 Å². The molecular weight excluding hydrogens is 398 g/mol. The number of hydrogen-bond donors (Lipinski definition) is 1. The van der Waals surface area contributed by atoms with Gasteiger partial charge in [0.1, 0.15) is 5.75 Å². The van der Waals surface area contributed by atoms with Gasteiger partial charge in [0, 0.05) is 10.0 Å². The smallest absolute Gasteiger partial charge is 0.328 e. The quantitative estimate of drug-likeness (QED) is 0.652. The fourth-order valence-electron chi connectivity index (χ4n) is 2.42. The maximum atomic E-state index is 6.45. The van der Waals surface area contributed by atoms with Crippen molar-refractivity contribution in [2.24, 2.45) is 5.73 Å². The molecule has 0 spiro atoms. The van der Waals surface area contributed by atoms with Gasteiger partial charge in [-0.25, -0.2) is 0 Å². The van der Waals surface area contributed by atoms with E-state index in [0.717, 1.165) is 15.6 Å². The Morgan fingerprint density at radius 3 is 2.15 bits per heavy atom. The van der Waals surface area contributed by atoms with Crippen LogP contribution < -0.4 is 19.9 Å². The molecule has 1 unspecified atom stereocenters. The predicted octanol–water partition coefficient (Wildman–Crippen LogP) is 4.10. The number of para-hydroxylation sites is 1. The molecule has 0 aliphatic rings. The molecule has 0 fully saturated rings. The first kappa shape index (κ1) is 18.2. The average molecular weight is 416 g/mol. The molecule has 0 aliphatic carbocycles. The Hall–Kier alpha value is -2.64. The van der Waals surface area contributed by atoms with Crippen LogP contribution in [0.5, 0.6) is 23.5 Å². The van der Waals surface area contributed by atoms with Gasteiger partial charge in [-0.2, -0.15) is 9.97 Å². The van der Waals surface area contributed by atoms with Crippen LogP contribution in [0.2, 0.25) is 0 Å². The minimum absolute atomic E-state index is 0.122. The van der Waals surface area contributed by atoms with Crippen LogP contribution in [0.1, 0.15) is 17.2 Å². The lowest BCUT2D eigenvalue weighted by atomic mass is 9.99. The largest absolute Gasteiger partial charge is 0.481 e. The third kappa shape index (κ3) is 4.12. The van der Waals surface area contributed by atoms with E-state index in [2.05, 4.69) is 25.9 Å². The zero-order valence-electron chi connectivity index (χ0n) is 14.3. The first-order chi connectivity index (χ1) is 12.6. The van der Waals surface area contributed by atoms with E-state index < -0.39 is 0 Å². The molecule has 26 heavy (non-hydrogen) atoms. The molecule has 2 aromatic carbocycles. The minimum atomic E-state index is -0.355. The third-order valence-corrected chi connectivity index (χ3v) is 4.29. The third-order valence-electron chi connectivity index (χ3n) is 3.76. The summed E-state index contributed by atoms with van der Waals surface area (Å²) in [7, 11) is 3.03. The number of hydrogen-bond acceptors (Lipinski definition) is 6. The van der Waals surface area contributed by atoms with E-state index in [1.54, 1.807) is 6.07 Å². The lowest BCUT2D eigenvalue weighted by Gasteiger charge is -2.17. The first-order valence-corrected chi connectivity index (χ1v) is 8.65. The summed E-state index contributed by atoms with van der Waals surface area (Å²) in [6.07, 6.45) is 0. The van der Waals surface area contributed by atoms with Gasteiger partial charge < -0.3 is 19.9 Å². The van der Waals surface area contributed by atoms with E-state index in [9.17, 15) is 0 Å². The molecule has 0 radical (unpaired) electrons. The zero-order chi connectivity index (χ0) is 18.5. The summed E-state index contributed by atoms with van der Waals surface area (Å²) < 4.78 is 17.2. The van der Waals surface area contributed by atoms with E-state index in [0.29, 0.717) is 17.5 Å². The number of halogens is 1. The van der Waals surface area contributed by atoms with Gasteiger partial charge in [0.25, 0.3) is 0 Å². The summed E-state index contributed by atoms with van der Waals surface area (Å²) in [6, 6.07) is 16.7. The van der Waals surface area contributed by atoms with Gasteiger partial charge in [-0.3, -0.25) is 0 Å². The normalized spacial score (nSPS) is 11.7. The summed E-state index contributed by atoms with van der Waals surface area (Å²) in [6.45, 7) is 0. The van der Waals surface area contributed by atoms with Gasteiger partial charge >= 0.3 is 6.01 Å². The molecule has 6 nitrogen and oxygen atoms in total. The standard InChI is InChI=1S/C19H18BrN3O3/c1-24-16-11-17(25-2)23-19(22-16)26-15-6-4-3-5-14(15)18(21)12-7-9-13(20)10-8-12/h3-11,18H,21H2,1-2H3. The van der Waals surface area contributed by atoms with Gasteiger partial charge in [0.15, 0.2) is 0 Å². The Morgan fingerprint density at radius 2 is 1.54 bits per heavy atom. The fraction of sp³-hybridized carbons (Fsp3) is 0.158. The number of benzene rings is 2. The highest BCUT2D eigenvalue weighted by Crippen LogP contribution is 2.32. The topological polar surface area (TPSA) is 79.5 Å². The van der Waals surface area contributed by atoms with Crippen LogP contribution in [0, 0.1) is 0 Å². The molecule has 2 N–H and O–H groups in total. The second kappa shape index (κ2) is 8.16. The summed E-state index contributed by atoms with van der Waals surface area (Å²) in [5.41, 5.74) is 8.23. The van der Waals surface area contributed by atoms with Crippen molar-refractivity contribution in [3.05, 3.63) is 70.2 Å². The number of nitrogens with zero attached hydrogens (tertiary/aromatic N) is 2. The Kier molecular flexibility index (Phi) is 5.70. The highest BCUT2D eigenvalue weighted by atomic mass is 79.9. The van der Waals surface area contributed by atoms with Crippen molar-refractivity contribution in [2.75, 3.05) is 14.2 Å². The molecular formula is C19H18BrN3O3. The van der Waals surface area contributed by atoms with E-state index in [4.69, 9.17) is 19.9 Å². The molecule has 0 bridgehead atoms. The Labute approximate surface area is 160 Å². The number of rotatable bonds is 6. The molecule has 0 saturated carbocycles. The maximum Gasteiger partial charge on any atom is 0.328 e. The highest BCUT2D eigenvalue weighted by Gasteiger charge is 2.16. The molecule has 3 aromatic rings. The summed E-state index contributed by atoms with van der Waals surface area (Å²) in [5.74, 6) is 1.27. The van der Waals surface area contributed by atoms with Crippen molar-refractivity contribution < 1.29 is 14.2 Å². The number of nitrogens with two attached hydrogens (primary N) is 1. The van der Waals surface area contributed by atoms with Gasteiger partial charge in [0.2, 0.25) is 11.8 Å². The van der Waals surface area contributed by atoms with Crippen molar-refractivity contribution in [3.8, 4) is 23.5 Å². The second-order valence-corrected chi connectivity index (χ2v) is 6.32. The number of aromatic nitrogens is 2. The van der Waals surface area contributed by atoms with E-state index in [1.807, 2.05) is 48.5 Å². The van der Waals surface area contributed by atoms with Crippen molar-refractivity contribution in [1.82, 2.24) is 9.97 Å². The van der Waals surface area contributed by atoms with Crippen molar-refractivity contribution in [3.63, 3.8) is 0 Å². The van der Waals surface area contributed by atoms with Crippen molar-refractivity contribution in [2.45, 2.75) is 6.04 Å². The zero-order valence-corrected chi connectivity index (χ0v) is 15.9. The molecule has 3 rings (SSSR count). The van der Waals surface area contributed by atoms with E-state index in [1.165, 1.54) is 14.2 Å². The predicted molar refractivity (Wildman–Crippen MR) is 102 cm³/mol. The van der Waals surface area contributed by atoms with E-state index in [-0.39, 0.29) is 12.1 Å². The Bertz CT molecular complexity index is 865. The van der Waals surface area contributed by atoms with E-state index >= 15 is 0 Å². The highest BCUT2D eigenvalue weighted by molar-refractivity contribution is 9.10. The van der Waals surface area contributed by atoms with Crippen LogP contribution in [0.3, 0.4) is 0 Å². The molecule has 7 heteroatoms. The minimum Gasteiger partial charge on any atom is -0.481 e. The van der Waals surface area contributed by atoms with Crippen LogP contribution in [-0.4, -0.2) is 24.2 Å². The van der Waals surface area contributed by atoms with Crippen LogP contribution in [0.15, 0.2) is 59.1 Å². The van der Waals surface area contributed by atoms with Crippen molar-refractivity contribution in [1.29, 1.82) is 0 Å². The summed E-state index contributed by atoms with van der Waals surface area (Å²) in [4.78, 5) is 8.39. The lowest BCUT2D eigenvalue weighted by molar-refractivity contribution is 0.347. The number of methoxy groups -OCH3 is 2. The molecule has 1 heterocycles.